The number of hydrogen-bond donors (Lipinski definition) is 1. The normalized spacial score (nSPS) is 20.7. The van der Waals surface area contributed by atoms with Gasteiger partial charge in [0, 0.05) is 44.7 Å². The number of rotatable bonds is 6. The zero-order valence-electron chi connectivity index (χ0n) is 20.3. The Morgan fingerprint density at radius 1 is 1.08 bits per heavy atom. The first kappa shape index (κ1) is 25.2. The Balaban J connectivity index is 1.27. The van der Waals surface area contributed by atoms with E-state index in [4.69, 9.17) is 4.74 Å². The van der Waals surface area contributed by atoms with Crippen molar-refractivity contribution in [3.63, 3.8) is 0 Å². The summed E-state index contributed by atoms with van der Waals surface area (Å²) in [5.41, 5.74) is 1.71. The minimum Gasteiger partial charge on any atom is -0.497 e. The number of piperazine rings is 1. The molecule has 1 unspecified atom stereocenters. The number of carbonyl (C=O) groups excluding carboxylic acids is 3. The van der Waals surface area contributed by atoms with Crippen LogP contribution in [0.1, 0.15) is 34.3 Å². The Kier molecular flexibility index (Phi) is 6.63. The molecular formula is C25H27FN4O6S. The topological polar surface area (TPSA) is 116 Å². The van der Waals surface area contributed by atoms with Gasteiger partial charge in [0.15, 0.2) is 0 Å². The van der Waals surface area contributed by atoms with Gasteiger partial charge in [0.1, 0.15) is 17.6 Å². The average Bonchev–Trinajstić information content (AvgIpc) is 3.18. The van der Waals surface area contributed by atoms with E-state index in [2.05, 4.69) is 5.32 Å². The van der Waals surface area contributed by atoms with Crippen LogP contribution in [0.4, 0.5) is 10.1 Å². The summed E-state index contributed by atoms with van der Waals surface area (Å²) in [7, 11) is -2.06. The van der Waals surface area contributed by atoms with Crippen LogP contribution in [0.3, 0.4) is 0 Å². The van der Waals surface area contributed by atoms with Crippen molar-refractivity contribution in [1.82, 2.24) is 14.5 Å². The summed E-state index contributed by atoms with van der Waals surface area (Å²) in [6, 6.07) is 8.92. The molecule has 0 saturated carbocycles. The second-order valence-electron chi connectivity index (χ2n) is 9.35. The highest BCUT2D eigenvalue weighted by molar-refractivity contribution is 7.88. The van der Waals surface area contributed by atoms with Crippen LogP contribution in [-0.4, -0.2) is 74.7 Å². The third-order valence-corrected chi connectivity index (χ3v) is 8.90. The fourth-order valence-corrected chi connectivity index (χ4v) is 6.59. The molecule has 2 aromatic rings. The van der Waals surface area contributed by atoms with E-state index in [1.165, 1.54) is 22.4 Å². The minimum absolute atomic E-state index is 0.140. The molecule has 2 aromatic carbocycles. The van der Waals surface area contributed by atoms with Crippen molar-refractivity contribution in [2.24, 2.45) is 0 Å². The number of amides is 3. The van der Waals surface area contributed by atoms with Crippen LogP contribution in [0.2, 0.25) is 0 Å². The molecule has 0 radical (unpaired) electrons. The second-order valence-corrected chi connectivity index (χ2v) is 11.3. The molecule has 3 aliphatic heterocycles. The van der Waals surface area contributed by atoms with E-state index in [0.29, 0.717) is 22.6 Å². The quantitative estimate of drug-likeness (QED) is 0.559. The van der Waals surface area contributed by atoms with Crippen LogP contribution in [0.5, 0.6) is 5.75 Å². The molecule has 0 bridgehead atoms. The largest absolute Gasteiger partial charge is 0.497 e. The zero-order chi connectivity index (χ0) is 26.3. The average molecular weight is 531 g/mol. The van der Waals surface area contributed by atoms with E-state index in [1.54, 1.807) is 35.2 Å². The molecule has 2 saturated heterocycles. The van der Waals surface area contributed by atoms with Gasteiger partial charge in [-0.05, 0) is 41.8 Å². The fraction of sp³-hybridized carbons (Fsp3) is 0.400. The van der Waals surface area contributed by atoms with Crippen LogP contribution < -0.4 is 15.0 Å². The number of fused-ring (bicyclic) bond motifs is 1. The van der Waals surface area contributed by atoms with Crippen LogP contribution in [0, 0.1) is 5.82 Å². The molecule has 3 heterocycles. The molecule has 10 nitrogen and oxygen atoms in total. The number of ether oxygens (including phenoxy) is 1. The van der Waals surface area contributed by atoms with E-state index in [0.717, 1.165) is 0 Å². The molecule has 12 heteroatoms. The van der Waals surface area contributed by atoms with Crippen molar-refractivity contribution in [2.45, 2.75) is 31.2 Å². The van der Waals surface area contributed by atoms with Crippen LogP contribution in [-0.2, 0) is 31.9 Å². The number of anilines is 1. The lowest BCUT2D eigenvalue weighted by Gasteiger charge is -2.35. The number of imide groups is 1. The van der Waals surface area contributed by atoms with Gasteiger partial charge in [-0.15, -0.1) is 0 Å². The maximum Gasteiger partial charge on any atom is 0.255 e. The van der Waals surface area contributed by atoms with E-state index in [1.807, 2.05) is 0 Å². The smallest absolute Gasteiger partial charge is 0.255 e. The van der Waals surface area contributed by atoms with Crippen molar-refractivity contribution in [3.8, 4) is 5.75 Å². The number of benzene rings is 2. The molecule has 196 valence electrons. The highest BCUT2D eigenvalue weighted by Crippen LogP contribution is 2.33. The summed E-state index contributed by atoms with van der Waals surface area (Å²) in [5.74, 6) is -1.49. The van der Waals surface area contributed by atoms with Gasteiger partial charge in [0.25, 0.3) is 5.91 Å². The molecule has 0 aliphatic carbocycles. The summed E-state index contributed by atoms with van der Waals surface area (Å²) in [6.07, 6.45) is 0.368. The Bertz CT molecular complexity index is 1370. The Hall–Kier alpha value is -3.51. The van der Waals surface area contributed by atoms with Crippen molar-refractivity contribution >= 4 is 33.4 Å². The van der Waals surface area contributed by atoms with Gasteiger partial charge in [-0.1, -0.05) is 12.1 Å². The molecule has 1 atom stereocenters. The van der Waals surface area contributed by atoms with Crippen LogP contribution >= 0.6 is 0 Å². The van der Waals surface area contributed by atoms with Crippen molar-refractivity contribution in [2.75, 3.05) is 38.2 Å². The van der Waals surface area contributed by atoms with Crippen molar-refractivity contribution in [1.29, 1.82) is 0 Å². The zero-order valence-corrected chi connectivity index (χ0v) is 21.1. The summed E-state index contributed by atoms with van der Waals surface area (Å²) in [6.45, 7) is 1.12. The lowest BCUT2D eigenvalue weighted by molar-refractivity contribution is -0.136. The number of sulfonamides is 1. The lowest BCUT2D eigenvalue weighted by atomic mass is 10.0. The standard InChI is InChI=1S/C25H27FN4O6S/c1-36-18-4-2-3-16(11-18)15-37(34,35)29-9-7-28(8-10-29)22-12-17-14-30(25(33)19(17)13-20(22)26)21-5-6-23(31)27-24(21)32/h2-4,11-13,21H,5-10,14-15H2,1H3,(H,27,31,32). The number of nitrogens with one attached hydrogen (secondary N) is 1. The summed E-state index contributed by atoms with van der Waals surface area (Å²) < 4.78 is 47.7. The number of halogens is 1. The third-order valence-electron chi connectivity index (χ3n) is 7.05. The van der Waals surface area contributed by atoms with E-state index in [9.17, 15) is 22.8 Å². The Morgan fingerprint density at radius 3 is 2.54 bits per heavy atom. The van der Waals surface area contributed by atoms with Crippen molar-refractivity contribution in [3.05, 3.63) is 58.9 Å². The van der Waals surface area contributed by atoms with Gasteiger partial charge in [0.05, 0.1) is 18.6 Å². The third kappa shape index (κ3) is 4.90. The number of nitrogens with zero attached hydrogens (tertiary/aromatic N) is 3. The van der Waals surface area contributed by atoms with Gasteiger partial charge in [-0.2, -0.15) is 4.31 Å². The van der Waals surface area contributed by atoms with E-state index < -0.39 is 33.7 Å². The summed E-state index contributed by atoms with van der Waals surface area (Å²) in [5, 5.41) is 2.25. The van der Waals surface area contributed by atoms with Gasteiger partial charge in [0.2, 0.25) is 21.8 Å². The molecular weight excluding hydrogens is 503 g/mol. The summed E-state index contributed by atoms with van der Waals surface area (Å²) in [4.78, 5) is 39.8. The molecule has 3 amide bonds. The highest BCUT2D eigenvalue weighted by atomic mass is 32.2. The predicted molar refractivity (Wildman–Crippen MR) is 132 cm³/mol. The first-order chi connectivity index (χ1) is 17.7. The lowest BCUT2D eigenvalue weighted by Crippen LogP contribution is -2.52. The van der Waals surface area contributed by atoms with Gasteiger partial charge >= 0.3 is 0 Å². The molecule has 37 heavy (non-hydrogen) atoms. The minimum atomic E-state index is -3.58. The summed E-state index contributed by atoms with van der Waals surface area (Å²) >= 11 is 0. The number of hydrogen-bond acceptors (Lipinski definition) is 7. The molecule has 5 rings (SSSR count). The monoisotopic (exact) mass is 530 g/mol. The molecule has 0 aromatic heterocycles. The van der Waals surface area contributed by atoms with Gasteiger partial charge in [-0.25, -0.2) is 12.8 Å². The number of piperidine rings is 1. The van der Waals surface area contributed by atoms with E-state index in [-0.39, 0.29) is 62.8 Å². The maximum absolute atomic E-state index is 15.1. The molecule has 3 aliphatic rings. The van der Waals surface area contributed by atoms with Gasteiger partial charge in [-0.3, -0.25) is 19.7 Å². The highest BCUT2D eigenvalue weighted by Gasteiger charge is 2.40. The Labute approximate surface area is 214 Å². The van der Waals surface area contributed by atoms with Crippen LogP contribution in [0.25, 0.3) is 0 Å². The predicted octanol–water partition coefficient (Wildman–Crippen LogP) is 1.25. The van der Waals surface area contributed by atoms with Crippen LogP contribution in [0.15, 0.2) is 36.4 Å². The number of methoxy groups -OCH3 is 1. The number of carbonyl (C=O) groups is 3. The van der Waals surface area contributed by atoms with E-state index >= 15 is 4.39 Å². The first-order valence-electron chi connectivity index (χ1n) is 12.0. The second kappa shape index (κ2) is 9.75. The Morgan fingerprint density at radius 2 is 1.84 bits per heavy atom. The fourth-order valence-electron chi connectivity index (χ4n) is 5.09. The maximum atomic E-state index is 15.1. The molecule has 2 fully saturated rings. The van der Waals surface area contributed by atoms with Gasteiger partial charge < -0.3 is 14.5 Å². The molecule has 1 N–H and O–H groups in total. The first-order valence-corrected chi connectivity index (χ1v) is 13.6. The molecule has 0 spiro atoms. The van der Waals surface area contributed by atoms with Crippen molar-refractivity contribution < 1.29 is 31.9 Å². The SMILES string of the molecule is COc1cccc(CS(=O)(=O)N2CCN(c3cc4c(cc3F)C(=O)N(C3CCC(=O)NC3=O)C4)CC2)c1.